The standard InChI is InChI=1S/C14H17FN2O/c1-14(2)7-9(14)12(17-16)11-6-8-4-3-5-10(15)13(8)18-11/h3-6,9,12,17H,7,16H2,1-2H3. The quantitative estimate of drug-likeness (QED) is 0.648. The average Bonchev–Trinajstić information content (AvgIpc) is 2.76. The number of para-hydroxylation sites is 1. The van der Waals surface area contributed by atoms with Crippen molar-refractivity contribution < 1.29 is 8.81 Å². The van der Waals surface area contributed by atoms with Gasteiger partial charge in [-0.05, 0) is 29.9 Å². The topological polar surface area (TPSA) is 51.2 Å². The molecule has 0 amide bonds. The van der Waals surface area contributed by atoms with Gasteiger partial charge in [0.25, 0.3) is 0 Å². The second kappa shape index (κ2) is 3.80. The monoisotopic (exact) mass is 248 g/mol. The van der Waals surface area contributed by atoms with Crippen LogP contribution in [0.5, 0.6) is 0 Å². The second-order valence-electron chi connectivity index (χ2n) is 5.75. The maximum Gasteiger partial charge on any atom is 0.169 e. The number of fused-ring (bicyclic) bond motifs is 1. The minimum absolute atomic E-state index is 0.0493. The van der Waals surface area contributed by atoms with Gasteiger partial charge < -0.3 is 4.42 Å². The van der Waals surface area contributed by atoms with E-state index in [1.165, 1.54) is 6.07 Å². The Labute approximate surface area is 105 Å². The van der Waals surface area contributed by atoms with Crippen LogP contribution in [0, 0.1) is 17.2 Å². The molecule has 3 nitrogen and oxygen atoms in total. The number of benzene rings is 1. The third-order valence-corrected chi connectivity index (χ3v) is 3.99. The molecular formula is C14H17FN2O. The van der Waals surface area contributed by atoms with E-state index >= 15 is 0 Å². The molecule has 18 heavy (non-hydrogen) atoms. The first-order valence-corrected chi connectivity index (χ1v) is 6.17. The van der Waals surface area contributed by atoms with Crippen molar-refractivity contribution in [2.45, 2.75) is 26.3 Å². The molecule has 1 aliphatic rings. The van der Waals surface area contributed by atoms with Gasteiger partial charge in [-0.3, -0.25) is 5.84 Å². The van der Waals surface area contributed by atoms with Crippen LogP contribution in [-0.4, -0.2) is 0 Å². The summed E-state index contributed by atoms with van der Waals surface area (Å²) in [4.78, 5) is 0. The largest absolute Gasteiger partial charge is 0.456 e. The van der Waals surface area contributed by atoms with E-state index in [4.69, 9.17) is 10.3 Å². The van der Waals surface area contributed by atoms with Crippen LogP contribution in [-0.2, 0) is 0 Å². The molecule has 1 aliphatic carbocycles. The molecule has 0 radical (unpaired) electrons. The number of hydrogen-bond donors (Lipinski definition) is 2. The fraction of sp³-hybridized carbons (Fsp3) is 0.429. The predicted molar refractivity (Wildman–Crippen MR) is 68.1 cm³/mol. The molecule has 1 fully saturated rings. The van der Waals surface area contributed by atoms with Crippen molar-refractivity contribution in [1.82, 2.24) is 5.43 Å². The van der Waals surface area contributed by atoms with Gasteiger partial charge in [-0.25, -0.2) is 9.82 Å². The number of furan rings is 1. The molecule has 0 bridgehead atoms. The van der Waals surface area contributed by atoms with E-state index in [2.05, 4.69) is 19.3 Å². The van der Waals surface area contributed by atoms with Crippen LogP contribution in [0.4, 0.5) is 4.39 Å². The number of nitrogens with one attached hydrogen (secondary N) is 1. The molecule has 1 aromatic carbocycles. The lowest BCUT2D eigenvalue weighted by atomic mass is 10.0. The van der Waals surface area contributed by atoms with Gasteiger partial charge in [0.05, 0.1) is 6.04 Å². The zero-order valence-corrected chi connectivity index (χ0v) is 10.5. The zero-order valence-electron chi connectivity index (χ0n) is 10.5. The Balaban J connectivity index is 2.01. The molecule has 0 saturated heterocycles. The number of halogens is 1. The fourth-order valence-corrected chi connectivity index (χ4v) is 2.67. The van der Waals surface area contributed by atoms with E-state index in [9.17, 15) is 4.39 Å². The van der Waals surface area contributed by atoms with Crippen LogP contribution in [0.2, 0.25) is 0 Å². The van der Waals surface area contributed by atoms with E-state index in [0.717, 1.165) is 11.8 Å². The van der Waals surface area contributed by atoms with E-state index in [-0.39, 0.29) is 17.3 Å². The summed E-state index contributed by atoms with van der Waals surface area (Å²) in [6.07, 6.45) is 1.10. The van der Waals surface area contributed by atoms with Crippen molar-refractivity contribution in [2.24, 2.45) is 17.2 Å². The van der Waals surface area contributed by atoms with Crippen molar-refractivity contribution in [3.8, 4) is 0 Å². The predicted octanol–water partition coefficient (Wildman–Crippen LogP) is 3.12. The molecule has 1 aromatic heterocycles. The highest BCUT2D eigenvalue weighted by molar-refractivity contribution is 5.78. The number of rotatable bonds is 3. The van der Waals surface area contributed by atoms with Crippen molar-refractivity contribution in [2.75, 3.05) is 0 Å². The molecule has 3 N–H and O–H groups in total. The second-order valence-corrected chi connectivity index (χ2v) is 5.75. The van der Waals surface area contributed by atoms with E-state index in [1.54, 1.807) is 6.07 Å². The molecule has 1 heterocycles. The first-order valence-electron chi connectivity index (χ1n) is 6.17. The third kappa shape index (κ3) is 1.72. The first-order chi connectivity index (χ1) is 8.53. The zero-order chi connectivity index (χ0) is 12.9. The molecule has 0 aliphatic heterocycles. The van der Waals surface area contributed by atoms with Crippen molar-refractivity contribution >= 4 is 11.0 Å². The summed E-state index contributed by atoms with van der Waals surface area (Å²) in [7, 11) is 0. The van der Waals surface area contributed by atoms with Crippen LogP contribution < -0.4 is 11.3 Å². The van der Waals surface area contributed by atoms with E-state index < -0.39 is 0 Å². The van der Waals surface area contributed by atoms with Crippen LogP contribution in [0.1, 0.15) is 32.1 Å². The van der Waals surface area contributed by atoms with Gasteiger partial charge in [0.1, 0.15) is 5.76 Å². The summed E-state index contributed by atoms with van der Waals surface area (Å²) in [6.45, 7) is 4.40. The molecule has 2 atom stereocenters. The first kappa shape index (κ1) is 11.7. The minimum atomic E-state index is -0.329. The summed E-state index contributed by atoms with van der Waals surface area (Å²) in [6, 6.07) is 6.76. The molecule has 1 saturated carbocycles. The van der Waals surface area contributed by atoms with Crippen molar-refractivity contribution in [1.29, 1.82) is 0 Å². The Morgan fingerprint density at radius 3 is 2.78 bits per heavy atom. The smallest absolute Gasteiger partial charge is 0.169 e. The molecule has 4 heteroatoms. The average molecular weight is 248 g/mol. The van der Waals surface area contributed by atoms with Crippen LogP contribution in [0.3, 0.4) is 0 Å². The Kier molecular flexibility index (Phi) is 2.47. The van der Waals surface area contributed by atoms with Crippen LogP contribution in [0.15, 0.2) is 28.7 Å². The Morgan fingerprint density at radius 1 is 1.50 bits per heavy atom. The lowest BCUT2D eigenvalue weighted by molar-refractivity contribution is 0.361. The van der Waals surface area contributed by atoms with Gasteiger partial charge >= 0.3 is 0 Å². The van der Waals surface area contributed by atoms with Gasteiger partial charge in [-0.2, -0.15) is 0 Å². The van der Waals surface area contributed by atoms with Crippen molar-refractivity contribution in [3.63, 3.8) is 0 Å². The van der Waals surface area contributed by atoms with Crippen molar-refractivity contribution in [3.05, 3.63) is 35.8 Å². The molecule has 2 unspecified atom stereocenters. The maximum absolute atomic E-state index is 13.6. The Bertz CT molecular complexity index is 590. The highest BCUT2D eigenvalue weighted by Gasteiger charge is 2.51. The van der Waals surface area contributed by atoms with Crippen LogP contribution >= 0.6 is 0 Å². The summed E-state index contributed by atoms with van der Waals surface area (Å²) < 4.78 is 19.2. The Morgan fingerprint density at radius 2 is 2.22 bits per heavy atom. The van der Waals surface area contributed by atoms with Gasteiger partial charge in [0.15, 0.2) is 11.4 Å². The van der Waals surface area contributed by atoms with Crippen LogP contribution in [0.25, 0.3) is 11.0 Å². The molecule has 2 aromatic rings. The van der Waals surface area contributed by atoms with E-state index in [1.807, 2.05) is 12.1 Å². The number of hydrogen-bond acceptors (Lipinski definition) is 3. The fourth-order valence-electron chi connectivity index (χ4n) is 2.67. The summed E-state index contributed by atoms with van der Waals surface area (Å²) >= 11 is 0. The number of nitrogens with two attached hydrogens (primary N) is 1. The molecule has 3 rings (SSSR count). The highest BCUT2D eigenvalue weighted by Crippen LogP contribution is 2.57. The lowest BCUT2D eigenvalue weighted by Crippen LogP contribution is -2.30. The minimum Gasteiger partial charge on any atom is -0.456 e. The lowest BCUT2D eigenvalue weighted by Gasteiger charge is -2.14. The molecular weight excluding hydrogens is 231 g/mol. The Hall–Kier alpha value is -1.39. The van der Waals surface area contributed by atoms with E-state index in [0.29, 0.717) is 17.3 Å². The third-order valence-electron chi connectivity index (χ3n) is 3.99. The van der Waals surface area contributed by atoms with Gasteiger partial charge in [0, 0.05) is 5.39 Å². The maximum atomic E-state index is 13.6. The van der Waals surface area contributed by atoms with Gasteiger partial charge in [-0.15, -0.1) is 0 Å². The molecule has 0 spiro atoms. The normalized spacial score (nSPS) is 23.2. The molecule has 96 valence electrons. The highest BCUT2D eigenvalue weighted by atomic mass is 19.1. The summed E-state index contributed by atoms with van der Waals surface area (Å²) in [5.41, 5.74) is 3.38. The van der Waals surface area contributed by atoms with Gasteiger partial charge in [0.2, 0.25) is 0 Å². The summed E-state index contributed by atoms with van der Waals surface area (Å²) in [5, 5.41) is 0.781. The number of hydrazine groups is 1. The van der Waals surface area contributed by atoms with Gasteiger partial charge in [-0.1, -0.05) is 26.0 Å². The SMILES string of the molecule is CC1(C)CC1C(NN)c1cc2cccc(F)c2o1. The summed E-state index contributed by atoms with van der Waals surface area (Å²) in [5.74, 6) is 6.45.